The predicted octanol–water partition coefficient (Wildman–Crippen LogP) is 8.00. The third kappa shape index (κ3) is 9.72. The van der Waals surface area contributed by atoms with Gasteiger partial charge in [0.1, 0.15) is 11.4 Å². The number of carbonyl (C=O) groups is 1. The monoisotopic (exact) mass is 605 g/mol. The molecule has 6 nitrogen and oxygen atoms in total. The van der Waals surface area contributed by atoms with Gasteiger partial charge >= 0.3 is 12.3 Å². The van der Waals surface area contributed by atoms with Crippen molar-refractivity contribution in [2.75, 3.05) is 19.8 Å². The van der Waals surface area contributed by atoms with Gasteiger partial charge in [-0.2, -0.15) is 13.2 Å². The van der Waals surface area contributed by atoms with Gasteiger partial charge in [-0.1, -0.05) is 29.3 Å². The van der Waals surface area contributed by atoms with E-state index in [9.17, 15) is 18.0 Å². The van der Waals surface area contributed by atoms with Gasteiger partial charge in [0.15, 0.2) is 5.79 Å². The van der Waals surface area contributed by atoms with Gasteiger partial charge in [-0.05, 0) is 102 Å². The van der Waals surface area contributed by atoms with E-state index in [2.05, 4.69) is 5.32 Å². The first kappa shape index (κ1) is 32.3. The van der Waals surface area contributed by atoms with Crippen molar-refractivity contribution in [1.82, 2.24) is 5.32 Å². The summed E-state index contributed by atoms with van der Waals surface area (Å²) in [6.07, 6.45) is -3.83. The quantitative estimate of drug-likeness (QED) is 0.293. The molecule has 40 heavy (non-hydrogen) atoms. The maximum Gasteiger partial charge on any atom is 0.419 e. The van der Waals surface area contributed by atoms with Gasteiger partial charge in [0, 0.05) is 10.0 Å². The van der Waals surface area contributed by atoms with E-state index < -0.39 is 34.8 Å². The highest BCUT2D eigenvalue weighted by atomic mass is 35.5. The van der Waals surface area contributed by atoms with E-state index in [0.717, 1.165) is 11.6 Å². The standard InChI is InChI=1S/C29H36Cl2F3NO5/c1-26(2,3)40-25(36)35-28(17-38-27(4,5)39-18-28)13-12-19-8-11-24(22(15-19)29(32,33)34)37-14-6-7-20-16-21(30)9-10-23(20)31/h8-11,15-16H,6-7,12-14,17-18H2,1-5H3,(H,35,36). The topological polar surface area (TPSA) is 66.0 Å². The van der Waals surface area contributed by atoms with Crippen LogP contribution in [0.4, 0.5) is 18.0 Å². The van der Waals surface area contributed by atoms with Crippen LogP contribution in [0.3, 0.4) is 0 Å². The fourth-order valence-corrected chi connectivity index (χ4v) is 4.56. The van der Waals surface area contributed by atoms with Crippen molar-refractivity contribution < 1.29 is 36.9 Å². The van der Waals surface area contributed by atoms with Gasteiger partial charge < -0.3 is 24.3 Å². The van der Waals surface area contributed by atoms with Gasteiger partial charge in [-0.25, -0.2) is 4.79 Å². The Labute approximate surface area is 243 Å². The second-order valence-corrected chi connectivity index (χ2v) is 12.2. The Morgan fingerprint density at radius 2 is 1.70 bits per heavy atom. The molecule has 1 heterocycles. The molecule has 0 unspecified atom stereocenters. The smallest absolute Gasteiger partial charge is 0.419 e. The molecule has 2 aromatic carbocycles. The summed E-state index contributed by atoms with van der Waals surface area (Å²) >= 11 is 12.2. The van der Waals surface area contributed by atoms with Crippen molar-refractivity contribution in [3.05, 3.63) is 63.1 Å². The van der Waals surface area contributed by atoms with E-state index in [0.29, 0.717) is 28.5 Å². The molecule has 0 spiro atoms. The molecule has 0 saturated carbocycles. The summed E-state index contributed by atoms with van der Waals surface area (Å²) in [5.41, 5.74) is -1.33. The van der Waals surface area contributed by atoms with Crippen LogP contribution in [0.5, 0.6) is 5.75 Å². The minimum Gasteiger partial charge on any atom is -0.493 e. The zero-order valence-corrected chi connectivity index (χ0v) is 24.9. The predicted molar refractivity (Wildman–Crippen MR) is 148 cm³/mol. The first-order valence-corrected chi connectivity index (χ1v) is 13.8. The highest BCUT2D eigenvalue weighted by molar-refractivity contribution is 6.33. The van der Waals surface area contributed by atoms with Crippen LogP contribution in [0.1, 0.15) is 64.2 Å². The number of ether oxygens (including phenoxy) is 4. The van der Waals surface area contributed by atoms with E-state index in [1.807, 2.05) is 0 Å². The summed E-state index contributed by atoms with van der Waals surface area (Å²) in [6.45, 7) is 9.02. The number of rotatable bonds is 9. The largest absolute Gasteiger partial charge is 0.493 e. The van der Waals surface area contributed by atoms with Gasteiger partial charge in [-0.15, -0.1) is 0 Å². The summed E-state index contributed by atoms with van der Waals surface area (Å²) < 4.78 is 64.4. The van der Waals surface area contributed by atoms with Crippen molar-refractivity contribution >= 4 is 29.3 Å². The molecule has 1 N–H and O–H groups in total. The number of benzene rings is 2. The van der Waals surface area contributed by atoms with Crippen LogP contribution in [-0.4, -0.2) is 42.8 Å². The third-order valence-corrected chi connectivity index (χ3v) is 6.86. The van der Waals surface area contributed by atoms with E-state index in [1.54, 1.807) is 58.9 Å². The van der Waals surface area contributed by atoms with Crippen LogP contribution in [-0.2, 0) is 33.2 Å². The molecule has 11 heteroatoms. The number of halogens is 5. The van der Waals surface area contributed by atoms with Crippen LogP contribution in [0.25, 0.3) is 0 Å². The molecule has 0 radical (unpaired) electrons. The van der Waals surface area contributed by atoms with Gasteiger partial charge in [0.25, 0.3) is 0 Å². The van der Waals surface area contributed by atoms with Crippen LogP contribution in [0, 0.1) is 0 Å². The zero-order chi connectivity index (χ0) is 29.8. The summed E-state index contributed by atoms with van der Waals surface area (Å²) in [4.78, 5) is 12.6. The highest BCUT2D eigenvalue weighted by Gasteiger charge is 2.42. The number of alkyl carbamates (subject to hydrolysis) is 1. The normalized spacial score (nSPS) is 16.9. The average molecular weight is 607 g/mol. The van der Waals surface area contributed by atoms with Crippen molar-refractivity contribution in [3.8, 4) is 5.75 Å². The molecule has 1 fully saturated rings. The summed E-state index contributed by atoms with van der Waals surface area (Å²) in [6, 6.07) is 9.09. The van der Waals surface area contributed by atoms with Crippen molar-refractivity contribution in [1.29, 1.82) is 0 Å². The van der Waals surface area contributed by atoms with Crippen molar-refractivity contribution in [2.24, 2.45) is 0 Å². The summed E-state index contributed by atoms with van der Waals surface area (Å²) in [7, 11) is 0. The number of carbonyl (C=O) groups excluding carboxylic acids is 1. The lowest BCUT2D eigenvalue weighted by atomic mass is 9.91. The molecule has 222 valence electrons. The van der Waals surface area contributed by atoms with Gasteiger partial charge in [0.2, 0.25) is 0 Å². The fourth-order valence-electron chi connectivity index (χ4n) is 4.15. The van der Waals surface area contributed by atoms with E-state index in [-0.39, 0.29) is 38.4 Å². The lowest BCUT2D eigenvalue weighted by Crippen LogP contribution is -2.61. The average Bonchev–Trinajstić information content (AvgIpc) is 2.83. The fraction of sp³-hybridized carbons (Fsp3) is 0.552. The third-order valence-electron chi connectivity index (χ3n) is 6.26. The number of alkyl halides is 3. The number of hydrogen-bond acceptors (Lipinski definition) is 5. The molecule has 0 atom stereocenters. The molecule has 0 bridgehead atoms. The highest BCUT2D eigenvalue weighted by Crippen LogP contribution is 2.38. The first-order valence-electron chi connectivity index (χ1n) is 13.0. The molecule has 0 aromatic heterocycles. The number of amides is 1. The SMILES string of the molecule is CC(C)(C)OC(=O)NC1(CCc2ccc(OCCCc3cc(Cl)ccc3Cl)c(C(F)(F)F)c2)COC(C)(C)OC1. The molecule has 0 aliphatic carbocycles. The van der Waals surface area contributed by atoms with E-state index >= 15 is 0 Å². The Morgan fingerprint density at radius 3 is 2.33 bits per heavy atom. The zero-order valence-electron chi connectivity index (χ0n) is 23.3. The lowest BCUT2D eigenvalue weighted by molar-refractivity contribution is -0.271. The van der Waals surface area contributed by atoms with Crippen LogP contribution >= 0.6 is 23.2 Å². The maximum absolute atomic E-state index is 14.0. The van der Waals surface area contributed by atoms with Gasteiger partial charge in [0.05, 0.1) is 30.9 Å². The molecule has 3 rings (SSSR count). The Morgan fingerprint density at radius 1 is 1.02 bits per heavy atom. The number of nitrogens with one attached hydrogen (secondary N) is 1. The Hall–Kier alpha value is -2.20. The van der Waals surface area contributed by atoms with E-state index in [4.69, 9.17) is 42.1 Å². The Kier molecular flexibility index (Phi) is 10.3. The minimum atomic E-state index is -4.62. The first-order chi connectivity index (χ1) is 18.5. The van der Waals surface area contributed by atoms with Crippen molar-refractivity contribution in [2.45, 2.75) is 83.4 Å². The Balaban J connectivity index is 1.69. The Bertz CT molecular complexity index is 1170. The number of aryl methyl sites for hydroxylation is 2. The number of hydrogen-bond donors (Lipinski definition) is 1. The molecule has 1 aliphatic heterocycles. The van der Waals surface area contributed by atoms with Crippen LogP contribution in [0.2, 0.25) is 10.0 Å². The molecular formula is C29H36Cl2F3NO5. The van der Waals surface area contributed by atoms with Crippen LogP contribution < -0.4 is 10.1 Å². The molecule has 1 saturated heterocycles. The second-order valence-electron chi connectivity index (χ2n) is 11.4. The molecule has 1 amide bonds. The molecular weight excluding hydrogens is 570 g/mol. The summed E-state index contributed by atoms with van der Waals surface area (Å²) in [5, 5.41) is 3.91. The van der Waals surface area contributed by atoms with Crippen molar-refractivity contribution in [3.63, 3.8) is 0 Å². The molecule has 1 aliphatic rings. The van der Waals surface area contributed by atoms with Crippen LogP contribution in [0.15, 0.2) is 36.4 Å². The molecule has 2 aromatic rings. The minimum absolute atomic E-state index is 0.0681. The lowest BCUT2D eigenvalue weighted by Gasteiger charge is -2.44. The summed E-state index contributed by atoms with van der Waals surface area (Å²) in [5.74, 6) is -1.10. The van der Waals surface area contributed by atoms with E-state index in [1.165, 1.54) is 6.07 Å². The maximum atomic E-state index is 14.0. The van der Waals surface area contributed by atoms with Gasteiger partial charge in [-0.3, -0.25) is 0 Å². The second kappa shape index (κ2) is 12.8.